The van der Waals surface area contributed by atoms with Crippen LogP contribution in [-0.2, 0) is 6.54 Å². The van der Waals surface area contributed by atoms with Crippen molar-refractivity contribution in [3.8, 4) is 5.88 Å². The molecule has 2 aliphatic carbocycles. The predicted molar refractivity (Wildman–Crippen MR) is 94.6 cm³/mol. The molecule has 4 nitrogen and oxygen atoms in total. The summed E-state index contributed by atoms with van der Waals surface area (Å²) in [6.45, 7) is 0.455. The monoisotopic (exact) mass is 342 g/mol. The maximum atomic E-state index is 12.5. The Labute approximate surface area is 146 Å². The van der Waals surface area contributed by atoms with E-state index in [1.165, 1.54) is 42.6 Å². The highest BCUT2D eigenvalue weighted by Crippen LogP contribution is 2.43. The van der Waals surface area contributed by atoms with Crippen LogP contribution in [0.15, 0.2) is 29.8 Å². The molecule has 0 saturated heterocycles. The van der Waals surface area contributed by atoms with Gasteiger partial charge < -0.3 is 10.1 Å². The van der Waals surface area contributed by atoms with Crippen LogP contribution in [0.1, 0.15) is 65.2 Å². The zero-order valence-corrected chi connectivity index (χ0v) is 14.5. The van der Waals surface area contributed by atoms with Crippen LogP contribution in [-0.4, -0.2) is 17.0 Å². The number of thiophene rings is 1. The summed E-state index contributed by atoms with van der Waals surface area (Å²) in [7, 11) is 0. The molecule has 0 spiro atoms. The van der Waals surface area contributed by atoms with E-state index in [1.54, 1.807) is 6.20 Å². The van der Waals surface area contributed by atoms with Crippen molar-refractivity contribution in [1.29, 1.82) is 0 Å². The number of nitrogens with one attached hydrogen (secondary N) is 1. The standard InChI is InChI=1S/C19H22N2O2S/c22-18(17-16(9-11-24-17)13-7-8-13)21-12-14-4-3-10-20-19(14)23-15-5-1-2-6-15/h3-4,9-11,13,15H,1-2,5-8,12H2,(H,21,22). The third-order valence-electron chi connectivity index (χ3n) is 4.79. The van der Waals surface area contributed by atoms with Crippen LogP contribution >= 0.6 is 11.3 Å². The molecule has 2 heterocycles. The number of pyridine rings is 1. The van der Waals surface area contributed by atoms with Crippen LogP contribution in [0, 0.1) is 0 Å². The lowest BCUT2D eigenvalue weighted by molar-refractivity contribution is 0.0953. The number of amides is 1. The van der Waals surface area contributed by atoms with Gasteiger partial charge in [-0.15, -0.1) is 11.3 Å². The molecule has 2 aliphatic rings. The fourth-order valence-electron chi connectivity index (χ4n) is 3.30. The van der Waals surface area contributed by atoms with Gasteiger partial charge in [0.15, 0.2) is 0 Å². The second-order valence-corrected chi connectivity index (χ2v) is 7.57. The minimum absolute atomic E-state index is 0.0163. The Balaban J connectivity index is 1.41. The van der Waals surface area contributed by atoms with Gasteiger partial charge in [-0.2, -0.15) is 0 Å². The molecule has 2 saturated carbocycles. The topological polar surface area (TPSA) is 51.2 Å². The Bertz CT molecular complexity index is 718. The van der Waals surface area contributed by atoms with Gasteiger partial charge in [0.1, 0.15) is 6.10 Å². The van der Waals surface area contributed by atoms with Crippen molar-refractivity contribution in [3.05, 3.63) is 45.8 Å². The Morgan fingerprint density at radius 1 is 1.25 bits per heavy atom. The molecule has 0 bridgehead atoms. The number of hydrogen-bond donors (Lipinski definition) is 1. The zero-order chi connectivity index (χ0) is 16.4. The normalized spacial score (nSPS) is 17.8. The van der Waals surface area contributed by atoms with Crippen molar-refractivity contribution in [1.82, 2.24) is 10.3 Å². The first-order chi connectivity index (χ1) is 11.8. The van der Waals surface area contributed by atoms with E-state index in [0.717, 1.165) is 23.3 Å². The number of hydrogen-bond acceptors (Lipinski definition) is 4. The number of carbonyl (C=O) groups is 1. The Morgan fingerprint density at radius 3 is 2.88 bits per heavy atom. The van der Waals surface area contributed by atoms with Crippen LogP contribution in [0.25, 0.3) is 0 Å². The first-order valence-electron chi connectivity index (χ1n) is 8.77. The smallest absolute Gasteiger partial charge is 0.261 e. The quantitative estimate of drug-likeness (QED) is 0.853. The largest absolute Gasteiger partial charge is 0.474 e. The van der Waals surface area contributed by atoms with E-state index in [4.69, 9.17) is 4.74 Å². The van der Waals surface area contributed by atoms with Crippen molar-refractivity contribution < 1.29 is 9.53 Å². The molecule has 2 aromatic heterocycles. The van der Waals surface area contributed by atoms with Gasteiger partial charge in [0.2, 0.25) is 5.88 Å². The second-order valence-electron chi connectivity index (χ2n) is 6.65. The van der Waals surface area contributed by atoms with Gasteiger partial charge >= 0.3 is 0 Å². The number of rotatable bonds is 6. The van der Waals surface area contributed by atoms with E-state index in [0.29, 0.717) is 18.3 Å². The highest BCUT2D eigenvalue weighted by molar-refractivity contribution is 7.12. The Hall–Kier alpha value is -1.88. The first-order valence-corrected chi connectivity index (χ1v) is 9.65. The average Bonchev–Trinajstić information content (AvgIpc) is 3.10. The minimum atomic E-state index is 0.0163. The Kier molecular flexibility index (Phi) is 4.52. The van der Waals surface area contributed by atoms with E-state index in [-0.39, 0.29) is 12.0 Å². The predicted octanol–water partition coefficient (Wildman–Crippen LogP) is 4.27. The fourth-order valence-corrected chi connectivity index (χ4v) is 4.20. The van der Waals surface area contributed by atoms with Gasteiger partial charge in [0.05, 0.1) is 4.88 Å². The van der Waals surface area contributed by atoms with Gasteiger partial charge in [0, 0.05) is 18.3 Å². The van der Waals surface area contributed by atoms with Crippen molar-refractivity contribution in [2.24, 2.45) is 0 Å². The summed E-state index contributed by atoms with van der Waals surface area (Å²) in [5.74, 6) is 1.28. The zero-order valence-electron chi connectivity index (χ0n) is 13.7. The van der Waals surface area contributed by atoms with Gasteiger partial charge in [-0.3, -0.25) is 4.79 Å². The van der Waals surface area contributed by atoms with Crippen LogP contribution in [0.4, 0.5) is 0 Å². The molecule has 0 aliphatic heterocycles. The van der Waals surface area contributed by atoms with E-state index in [1.807, 2.05) is 17.5 Å². The minimum Gasteiger partial charge on any atom is -0.474 e. The molecule has 4 rings (SSSR count). The molecular weight excluding hydrogens is 320 g/mol. The maximum Gasteiger partial charge on any atom is 0.261 e. The van der Waals surface area contributed by atoms with Crippen molar-refractivity contribution in [3.63, 3.8) is 0 Å². The summed E-state index contributed by atoms with van der Waals surface area (Å²) in [6, 6.07) is 5.97. The third-order valence-corrected chi connectivity index (χ3v) is 5.72. The van der Waals surface area contributed by atoms with Crippen molar-refractivity contribution in [2.45, 2.75) is 57.1 Å². The molecule has 126 valence electrons. The van der Waals surface area contributed by atoms with Crippen molar-refractivity contribution >= 4 is 17.2 Å². The highest BCUT2D eigenvalue weighted by Gasteiger charge is 2.29. The maximum absolute atomic E-state index is 12.5. The van der Waals surface area contributed by atoms with Gasteiger partial charge in [-0.25, -0.2) is 4.98 Å². The van der Waals surface area contributed by atoms with E-state index in [2.05, 4.69) is 16.4 Å². The average molecular weight is 342 g/mol. The number of aromatic nitrogens is 1. The van der Waals surface area contributed by atoms with E-state index < -0.39 is 0 Å². The summed E-state index contributed by atoms with van der Waals surface area (Å²) < 4.78 is 6.04. The molecule has 0 aromatic carbocycles. The number of carbonyl (C=O) groups excluding carboxylic acids is 1. The molecule has 2 aromatic rings. The highest BCUT2D eigenvalue weighted by atomic mass is 32.1. The summed E-state index contributed by atoms with van der Waals surface area (Å²) in [4.78, 5) is 17.8. The van der Waals surface area contributed by atoms with Crippen LogP contribution < -0.4 is 10.1 Å². The molecule has 1 amide bonds. The second kappa shape index (κ2) is 6.93. The summed E-state index contributed by atoms with van der Waals surface area (Å²) >= 11 is 1.53. The lowest BCUT2D eigenvalue weighted by Crippen LogP contribution is -2.24. The number of ether oxygens (including phenoxy) is 1. The van der Waals surface area contributed by atoms with E-state index in [9.17, 15) is 4.79 Å². The van der Waals surface area contributed by atoms with Crippen molar-refractivity contribution in [2.75, 3.05) is 0 Å². The lowest BCUT2D eigenvalue weighted by Gasteiger charge is -2.15. The van der Waals surface area contributed by atoms with Gasteiger partial charge in [0.25, 0.3) is 5.91 Å². The summed E-state index contributed by atoms with van der Waals surface area (Å²) in [5, 5.41) is 5.06. The molecule has 0 radical (unpaired) electrons. The number of nitrogens with zero attached hydrogens (tertiary/aromatic N) is 1. The molecule has 5 heteroatoms. The van der Waals surface area contributed by atoms with Crippen LogP contribution in [0.5, 0.6) is 5.88 Å². The van der Waals surface area contributed by atoms with Gasteiger partial charge in [-0.05, 0) is 67.5 Å². The van der Waals surface area contributed by atoms with Crippen LogP contribution in [0.2, 0.25) is 0 Å². The van der Waals surface area contributed by atoms with Crippen LogP contribution in [0.3, 0.4) is 0 Å². The lowest BCUT2D eigenvalue weighted by atomic mass is 10.1. The molecule has 24 heavy (non-hydrogen) atoms. The van der Waals surface area contributed by atoms with Gasteiger partial charge in [-0.1, -0.05) is 6.07 Å². The molecule has 0 unspecified atom stereocenters. The SMILES string of the molecule is O=C(NCc1cccnc1OC1CCCC1)c1sccc1C1CC1. The molecular formula is C19H22N2O2S. The first kappa shape index (κ1) is 15.6. The summed E-state index contributed by atoms with van der Waals surface area (Å²) in [6.07, 6.45) is 9.09. The van der Waals surface area contributed by atoms with E-state index >= 15 is 0 Å². The molecule has 2 fully saturated rings. The third kappa shape index (κ3) is 3.46. The molecule has 0 atom stereocenters. The molecule has 1 N–H and O–H groups in total. The summed E-state index contributed by atoms with van der Waals surface area (Å²) in [5.41, 5.74) is 2.16. The fraction of sp³-hybridized carbons (Fsp3) is 0.474. The Morgan fingerprint density at radius 2 is 2.08 bits per heavy atom.